The number of nitrogens with zero attached hydrogens (tertiary/aromatic N) is 2. The lowest BCUT2D eigenvalue weighted by Crippen LogP contribution is -2.28. The minimum Gasteiger partial charge on any atom is -0.467 e. The Kier molecular flexibility index (Phi) is 4.48. The molecule has 0 aromatic carbocycles. The lowest BCUT2D eigenvalue weighted by Gasteiger charge is -2.11. The summed E-state index contributed by atoms with van der Waals surface area (Å²) in [6.07, 6.45) is 0.521. The van der Waals surface area contributed by atoms with Crippen LogP contribution in [0, 0.1) is 20.8 Å². The highest BCUT2D eigenvalue weighted by molar-refractivity contribution is 6.07. The number of carbonyl (C=O) groups is 1. The van der Waals surface area contributed by atoms with Crippen molar-refractivity contribution in [2.75, 3.05) is 6.54 Å². The molecule has 1 unspecified atom stereocenters. The topological polar surface area (TPSA) is 115 Å². The Morgan fingerprint density at radius 1 is 1.29 bits per heavy atom. The van der Waals surface area contributed by atoms with Crippen molar-refractivity contribution in [1.29, 1.82) is 0 Å². The first-order valence-electron chi connectivity index (χ1n) is 8.78. The van der Waals surface area contributed by atoms with Gasteiger partial charge in [0, 0.05) is 5.56 Å². The van der Waals surface area contributed by atoms with Gasteiger partial charge in [-0.15, -0.1) is 0 Å². The fourth-order valence-corrected chi connectivity index (χ4v) is 3.16. The van der Waals surface area contributed by atoms with Gasteiger partial charge >= 0.3 is 0 Å². The molecule has 4 aromatic rings. The fourth-order valence-electron chi connectivity index (χ4n) is 3.16. The Balaban J connectivity index is 1.69. The number of amides is 1. The number of rotatable bonds is 5. The molecule has 28 heavy (non-hydrogen) atoms. The minimum absolute atomic E-state index is 0.000327. The van der Waals surface area contributed by atoms with Crippen LogP contribution in [0.25, 0.3) is 22.4 Å². The number of aromatic nitrogens is 2. The molecule has 0 saturated heterocycles. The Morgan fingerprint density at radius 2 is 2.11 bits per heavy atom. The molecule has 4 heterocycles. The molecule has 0 aliphatic carbocycles. The van der Waals surface area contributed by atoms with Gasteiger partial charge in [0.1, 0.15) is 23.4 Å². The van der Waals surface area contributed by atoms with Gasteiger partial charge in [-0.05, 0) is 45.0 Å². The fraction of sp³-hybridized carbons (Fsp3) is 0.250. The van der Waals surface area contributed by atoms with Crippen LogP contribution < -0.4 is 5.32 Å². The second-order valence-corrected chi connectivity index (χ2v) is 6.57. The molecule has 1 amide bonds. The summed E-state index contributed by atoms with van der Waals surface area (Å²) < 4.78 is 16.0. The largest absolute Gasteiger partial charge is 0.467 e. The summed E-state index contributed by atoms with van der Waals surface area (Å²) in [5.41, 5.74) is 2.52. The minimum atomic E-state index is -0.946. The van der Waals surface area contributed by atoms with Crippen molar-refractivity contribution in [1.82, 2.24) is 15.5 Å². The third-order valence-corrected chi connectivity index (χ3v) is 4.51. The third-order valence-electron chi connectivity index (χ3n) is 4.51. The normalized spacial score (nSPS) is 12.4. The van der Waals surface area contributed by atoms with Crippen molar-refractivity contribution < 1.29 is 23.3 Å². The van der Waals surface area contributed by atoms with E-state index in [1.807, 2.05) is 19.9 Å². The van der Waals surface area contributed by atoms with E-state index >= 15 is 0 Å². The number of aryl methyl sites for hydroxylation is 3. The molecular formula is C20H19N3O5. The van der Waals surface area contributed by atoms with E-state index < -0.39 is 6.10 Å². The van der Waals surface area contributed by atoms with E-state index in [0.29, 0.717) is 33.9 Å². The van der Waals surface area contributed by atoms with Crippen LogP contribution >= 0.6 is 0 Å². The smallest absolute Gasteiger partial charge is 0.259 e. The van der Waals surface area contributed by atoms with Crippen molar-refractivity contribution >= 4 is 17.0 Å². The molecule has 0 spiro atoms. The number of pyridine rings is 1. The zero-order valence-corrected chi connectivity index (χ0v) is 15.6. The van der Waals surface area contributed by atoms with Gasteiger partial charge in [0.25, 0.3) is 11.6 Å². The van der Waals surface area contributed by atoms with Crippen LogP contribution in [0.4, 0.5) is 0 Å². The summed E-state index contributed by atoms with van der Waals surface area (Å²) in [6.45, 7) is 5.42. The monoisotopic (exact) mass is 381 g/mol. The quantitative estimate of drug-likeness (QED) is 0.544. The molecule has 2 N–H and O–H groups in total. The molecular weight excluding hydrogens is 362 g/mol. The predicted octanol–water partition coefficient (Wildman–Crippen LogP) is 3.46. The standard InChI is InChI=1S/C20H19N3O5/c1-10-7-13(12(3)27-10)15-8-14(18-11(2)23-28-20(18)22-15)19(25)21-9-16(24)17-5-4-6-26-17/h4-8,16,24H,9H2,1-3H3,(H,21,25). The van der Waals surface area contributed by atoms with Crippen LogP contribution in [0.15, 0.2) is 43.9 Å². The maximum Gasteiger partial charge on any atom is 0.259 e. The number of aliphatic hydroxyl groups is 1. The lowest BCUT2D eigenvalue weighted by atomic mass is 10.1. The Morgan fingerprint density at radius 3 is 2.79 bits per heavy atom. The average Bonchev–Trinajstić information content (AvgIpc) is 3.40. The van der Waals surface area contributed by atoms with Gasteiger partial charge in [0.05, 0.1) is 35.1 Å². The number of furan rings is 2. The summed E-state index contributed by atoms with van der Waals surface area (Å²) in [6, 6.07) is 6.86. The van der Waals surface area contributed by atoms with E-state index in [-0.39, 0.29) is 18.2 Å². The van der Waals surface area contributed by atoms with Crippen LogP contribution in [0.3, 0.4) is 0 Å². The van der Waals surface area contributed by atoms with Gasteiger partial charge in [0.2, 0.25) is 0 Å². The van der Waals surface area contributed by atoms with E-state index in [1.54, 1.807) is 25.1 Å². The molecule has 8 heteroatoms. The van der Waals surface area contributed by atoms with E-state index in [1.165, 1.54) is 6.26 Å². The van der Waals surface area contributed by atoms with Gasteiger partial charge < -0.3 is 23.8 Å². The first kappa shape index (κ1) is 18.0. The maximum atomic E-state index is 12.9. The summed E-state index contributed by atoms with van der Waals surface area (Å²) >= 11 is 0. The summed E-state index contributed by atoms with van der Waals surface area (Å²) in [5.74, 6) is 1.45. The number of hydrogen-bond donors (Lipinski definition) is 2. The summed E-state index contributed by atoms with van der Waals surface area (Å²) in [5, 5.41) is 17.3. The second-order valence-electron chi connectivity index (χ2n) is 6.57. The number of hydrogen-bond acceptors (Lipinski definition) is 7. The highest BCUT2D eigenvalue weighted by atomic mass is 16.5. The van der Waals surface area contributed by atoms with Crippen molar-refractivity contribution in [3.05, 3.63) is 59.1 Å². The Bertz CT molecular complexity index is 1140. The van der Waals surface area contributed by atoms with E-state index in [9.17, 15) is 9.90 Å². The molecule has 0 fully saturated rings. The van der Waals surface area contributed by atoms with Crippen molar-refractivity contribution in [2.45, 2.75) is 26.9 Å². The van der Waals surface area contributed by atoms with Crippen molar-refractivity contribution in [3.8, 4) is 11.3 Å². The van der Waals surface area contributed by atoms with Gasteiger partial charge in [-0.1, -0.05) is 5.16 Å². The SMILES string of the molecule is Cc1cc(-c2cc(C(=O)NCC(O)c3ccco3)c3c(C)noc3n2)c(C)o1. The van der Waals surface area contributed by atoms with E-state index in [4.69, 9.17) is 13.4 Å². The summed E-state index contributed by atoms with van der Waals surface area (Å²) in [7, 11) is 0. The molecule has 144 valence electrons. The second kappa shape index (κ2) is 6.97. The Labute approximate surface area is 160 Å². The number of fused-ring (bicyclic) bond motifs is 1. The van der Waals surface area contributed by atoms with Crippen LogP contribution in [-0.4, -0.2) is 27.7 Å². The summed E-state index contributed by atoms with van der Waals surface area (Å²) in [4.78, 5) is 17.4. The lowest BCUT2D eigenvalue weighted by molar-refractivity contribution is 0.0902. The van der Waals surface area contributed by atoms with Gasteiger partial charge in [-0.3, -0.25) is 4.79 Å². The first-order valence-corrected chi connectivity index (χ1v) is 8.78. The number of carbonyl (C=O) groups excluding carboxylic acids is 1. The maximum absolute atomic E-state index is 12.9. The molecule has 4 aromatic heterocycles. The average molecular weight is 381 g/mol. The van der Waals surface area contributed by atoms with E-state index in [0.717, 1.165) is 11.3 Å². The molecule has 1 atom stereocenters. The van der Waals surface area contributed by atoms with Crippen LogP contribution in [0.2, 0.25) is 0 Å². The van der Waals surface area contributed by atoms with Gasteiger partial charge in [-0.25, -0.2) is 4.98 Å². The highest BCUT2D eigenvalue weighted by Gasteiger charge is 2.22. The predicted molar refractivity (Wildman–Crippen MR) is 99.7 cm³/mol. The van der Waals surface area contributed by atoms with Crippen LogP contribution in [-0.2, 0) is 0 Å². The van der Waals surface area contributed by atoms with Gasteiger partial charge in [0.15, 0.2) is 0 Å². The molecule has 0 aliphatic heterocycles. The van der Waals surface area contributed by atoms with Crippen molar-refractivity contribution in [2.24, 2.45) is 0 Å². The molecule has 0 bridgehead atoms. The molecule has 0 radical (unpaired) electrons. The van der Waals surface area contributed by atoms with Crippen LogP contribution in [0.5, 0.6) is 0 Å². The number of aliphatic hydroxyl groups excluding tert-OH is 1. The zero-order valence-electron chi connectivity index (χ0n) is 15.6. The van der Waals surface area contributed by atoms with E-state index in [2.05, 4.69) is 15.5 Å². The molecule has 0 saturated carbocycles. The zero-order chi connectivity index (χ0) is 19.8. The molecule has 8 nitrogen and oxygen atoms in total. The van der Waals surface area contributed by atoms with Crippen LogP contribution in [0.1, 0.15) is 39.4 Å². The molecule has 0 aliphatic rings. The number of nitrogens with one attached hydrogen (secondary N) is 1. The molecule has 4 rings (SSSR count). The van der Waals surface area contributed by atoms with Crippen molar-refractivity contribution in [3.63, 3.8) is 0 Å². The highest BCUT2D eigenvalue weighted by Crippen LogP contribution is 2.30. The first-order chi connectivity index (χ1) is 13.4. The third kappa shape index (κ3) is 3.18. The Hall–Kier alpha value is -3.39. The van der Waals surface area contributed by atoms with Gasteiger partial charge in [-0.2, -0.15) is 0 Å².